The maximum atomic E-state index is 10.7. The van der Waals surface area contributed by atoms with E-state index in [2.05, 4.69) is 27.3 Å². The molecule has 2 heterocycles. The summed E-state index contributed by atoms with van der Waals surface area (Å²) in [4.78, 5) is 16.9. The number of anilines is 1. The van der Waals surface area contributed by atoms with E-state index >= 15 is 0 Å². The zero-order chi connectivity index (χ0) is 17.6. The summed E-state index contributed by atoms with van der Waals surface area (Å²) >= 11 is 0. The van der Waals surface area contributed by atoms with Gasteiger partial charge in [-0.05, 0) is 49.7 Å². The van der Waals surface area contributed by atoms with Crippen LogP contribution in [0.3, 0.4) is 0 Å². The van der Waals surface area contributed by atoms with E-state index < -0.39 is 4.92 Å². The van der Waals surface area contributed by atoms with Gasteiger partial charge in [0.15, 0.2) is 0 Å². The molecule has 0 saturated carbocycles. The SMILES string of the molecule is COc1ccc(C(CNc2ccc([N+](=O)[O-])cn2)N2CCCC2)cc1. The van der Waals surface area contributed by atoms with Crippen molar-refractivity contribution in [2.75, 3.05) is 32.1 Å². The summed E-state index contributed by atoms with van der Waals surface area (Å²) in [5.41, 5.74) is 1.22. The first-order valence-electron chi connectivity index (χ1n) is 8.39. The summed E-state index contributed by atoms with van der Waals surface area (Å²) in [6.45, 7) is 2.84. The maximum absolute atomic E-state index is 10.7. The van der Waals surface area contributed by atoms with Crippen molar-refractivity contribution in [2.24, 2.45) is 0 Å². The molecule has 1 atom stereocenters. The lowest BCUT2D eigenvalue weighted by Crippen LogP contribution is -2.31. The summed E-state index contributed by atoms with van der Waals surface area (Å²) in [6, 6.07) is 11.5. The fourth-order valence-corrected chi connectivity index (χ4v) is 3.14. The highest BCUT2D eigenvalue weighted by Crippen LogP contribution is 2.27. The molecule has 1 aromatic carbocycles. The second-order valence-corrected chi connectivity index (χ2v) is 6.07. The molecular formula is C18H22N4O3. The van der Waals surface area contributed by atoms with Crippen LogP contribution in [0.5, 0.6) is 5.75 Å². The second kappa shape index (κ2) is 7.94. The van der Waals surface area contributed by atoms with Gasteiger partial charge in [-0.2, -0.15) is 0 Å². The molecule has 25 heavy (non-hydrogen) atoms. The first-order valence-corrected chi connectivity index (χ1v) is 8.39. The number of aromatic nitrogens is 1. The minimum absolute atomic E-state index is 0.00297. The number of nitro groups is 1. The Bertz CT molecular complexity index is 697. The van der Waals surface area contributed by atoms with Gasteiger partial charge in [0.1, 0.15) is 17.8 Å². The minimum Gasteiger partial charge on any atom is -0.497 e. The third-order valence-electron chi connectivity index (χ3n) is 4.52. The molecule has 0 aliphatic carbocycles. The Morgan fingerprint density at radius 2 is 1.96 bits per heavy atom. The van der Waals surface area contributed by atoms with Gasteiger partial charge < -0.3 is 10.1 Å². The molecule has 1 aliphatic heterocycles. The Kier molecular flexibility index (Phi) is 5.45. The van der Waals surface area contributed by atoms with Gasteiger partial charge in [-0.3, -0.25) is 15.0 Å². The van der Waals surface area contributed by atoms with Crippen molar-refractivity contribution in [3.8, 4) is 5.75 Å². The molecule has 132 valence electrons. The number of hydrogen-bond acceptors (Lipinski definition) is 6. The van der Waals surface area contributed by atoms with Crippen molar-refractivity contribution in [3.05, 3.63) is 58.3 Å². The standard InChI is InChI=1S/C18H22N4O3/c1-25-16-7-4-14(5-8-16)17(21-10-2-3-11-21)13-20-18-9-6-15(12-19-18)22(23)24/h4-9,12,17H,2-3,10-11,13H2,1H3,(H,19,20). The van der Waals surface area contributed by atoms with Crippen molar-refractivity contribution in [1.29, 1.82) is 0 Å². The van der Waals surface area contributed by atoms with Crippen LogP contribution < -0.4 is 10.1 Å². The van der Waals surface area contributed by atoms with Crippen LogP contribution in [0.1, 0.15) is 24.4 Å². The average Bonchev–Trinajstić information content (AvgIpc) is 3.17. The smallest absolute Gasteiger partial charge is 0.287 e. The molecule has 1 aliphatic rings. The molecule has 0 spiro atoms. The number of benzene rings is 1. The van der Waals surface area contributed by atoms with Crippen molar-refractivity contribution in [2.45, 2.75) is 18.9 Å². The number of ether oxygens (including phenoxy) is 1. The van der Waals surface area contributed by atoms with E-state index in [0.717, 1.165) is 18.8 Å². The fraction of sp³-hybridized carbons (Fsp3) is 0.389. The van der Waals surface area contributed by atoms with E-state index in [9.17, 15) is 10.1 Å². The fourth-order valence-electron chi connectivity index (χ4n) is 3.14. The molecule has 2 aromatic rings. The van der Waals surface area contributed by atoms with Crippen molar-refractivity contribution in [1.82, 2.24) is 9.88 Å². The Hall–Kier alpha value is -2.67. The number of nitrogens with zero attached hydrogens (tertiary/aromatic N) is 3. The number of rotatable bonds is 7. The highest BCUT2D eigenvalue weighted by molar-refractivity contribution is 5.41. The van der Waals surface area contributed by atoms with Crippen LogP contribution in [0.25, 0.3) is 0 Å². The topological polar surface area (TPSA) is 80.5 Å². The lowest BCUT2D eigenvalue weighted by atomic mass is 10.1. The quantitative estimate of drug-likeness (QED) is 0.614. The second-order valence-electron chi connectivity index (χ2n) is 6.07. The molecule has 3 rings (SSSR count). The van der Waals surface area contributed by atoms with Gasteiger partial charge in [-0.15, -0.1) is 0 Å². The van der Waals surface area contributed by atoms with Crippen LogP contribution in [0.15, 0.2) is 42.6 Å². The Morgan fingerprint density at radius 1 is 1.24 bits per heavy atom. The Balaban J connectivity index is 1.71. The van der Waals surface area contributed by atoms with Crippen LogP contribution in [0.2, 0.25) is 0 Å². The van der Waals surface area contributed by atoms with Gasteiger partial charge in [0.25, 0.3) is 5.69 Å². The van der Waals surface area contributed by atoms with Gasteiger partial charge in [-0.1, -0.05) is 12.1 Å². The first kappa shape index (κ1) is 17.2. The van der Waals surface area contributed by atoms with Crippen molar-refractivity contribution >= 4 is 11.5 Å². The summed E-state index contributed by atoms with van der Waals surface area (Å²) in [7, 11) is 1.66. The molecule has 0 amide bonds. The number of likely N-dealkylation sites (tertiary alicyclic amines) is 1. The number of methoxy groups -OCH3 is 1. The van der Waals surface area contributed by atoms with Gasteiger partial charge >= 0.3 is 0 Å². The predicted octanol–water partition coefficient (Wildman–Crippen LogP) is 3.25. The molecule has 7 nitrogen and oxygen atoms in total. The van der Waals surface area contributed by atoms with Crippen LogP contribution in [0, 0.1) is 10.1 Å². The van der Waals surface area contributed by atoms with E-state index in [0.29, 0.717) is 12.4 Å². The molecule has 1 N–H and O–H groups in total. The van der Waals surface area contributed by atoms with Crippen LogP contribution in [0.4, 0.5) is 11.5 Å². The van der Waals surface area contributed by atoms with E-state index in [1.165, 1.54) is 30.7 Å². The number of hydrogen-bond donors (Lipinski definition) is 1. The zero-order valence-corrected chi connectivity index (χ0v) is 14.2. The first-order chi connectivity index (χ1) is 12.2. The molecule has 0 radical (unpaired) electrons. The van der Waals surface area contributed by atoms with Crippen molar-refractivity contribution in [3.63, 3.8) is 0 Å². The maximum Gasteiger partial charge on any atom is 0.287 e. The van der Waals surface area contributed by atoms with E-state index in [4.69, 9.17) is 4.74 Å². The highest BCUT2D eigenvalue weighted by Gasteiger charge is 2.23. The molecule has 1 aromatic heterocycles. The van der Waals surface area contributed by atoms with Gasteiger partial charge in [0.05, 0.1) is 18.1 Å². The van der Waals surface area contributed by atoms with Crippen LogP contribution in [-0.4, -0.2) is 41.6 Å². The third kappa shape index (κ3) is 4.24. The zero-order valence-electron chi connectivity index (χ0n) is 14.2. The summed E-state index contributed by atoms with van der Waals surface area (Å²) in [6.07, 6.45) is 3.70. The number of pyridine rings is 1. The lowest BCUT2D eigenvalue weighted by Gasteiger charge is -2.28. The van der Waals surface area contributed by atoms with Gasteiger partial charge in [0, 0.05) is 12.6 Å². The highest BCUT2D eigenvalue weighted by atomic mass is 16.6. The summed E-state index contributed by atoms with van der Waals surface area (Å²) in [5, 5.41) is 14.0. The summed E-state index contributed by atoms with van der Waals surface area (Å²) < 4.78 is 5.24. The van der Waals surface area contributed by atoms with Gasteiger partial charge in [0.2, 0.25) is 0 Å². The minimum atomic E-state index is -0.443. The number of nitrogens with one attached hydrogen (secondary N) is 1. The molecule has 1 saturated heterocycles. The molecule has 1 unspecified atom stereocenters. The Morgan fingerprint density at radius 3 is 2.52 bits per heavy atom. The van der Waals surface area contributed by atoms with E-state index in [1.54, 1.807) is 13.2 Å². The molecule has 0 bridgehead atoms. The van der Waals surface area contributed by atoms with Gasteiger partial charge in [-0.25, -0.2) is 4.98 Å². The van der Waals surface area contributed by atoms with E-state index in [1.807, 2.05) is 12.1 Å². The van der Waals surface area contributed by atoms with Crippen molar-refractivity contribution < 1.29 is 9.66 Å². The molecular weight excluding hydrogens is 320 g/mol. The summed E-state index contributed by atoms with van der Waals surface area (Å²) in [5.74, 6) is 1.48. The molecule has 7 heteroatoms. The monoisotopic (exact) mass is 342 g/mol. The lowest BCUT2D eigenvalue weighted by molar-refractivity contribution is -0.385. The third-order valence-corrected chi connectivity index (χ3v) is 4.52. The average molecular weight is 342 g/mol. The van der Waals surface area contributed by atoms with E-state index in [-0.39, 0.29) is 11.7 Å². The van der Waals surface area contributed by atoms with Crippen LogP contribution in [-0.2, 0) is 0 Å². The Labute approximate surface area is 146 Å². The van der Waals surface area contributed by atoms with Crippen LogP contribution >= 0.6 is 0 Å². The normalized spacial score (nSPS) is 15.7. The molecule has 1 fully saturated rings. The predicted molar refractivity (Wildman–Crippen MR) is 95.9 cm³/mol. The largest absolute Gasteiger partial charge is 0.497 e.